The standard InChI is InChI=1S/C39H53N3O12S2/c1-5-7-18-39(6-2)24-55(47,48)31-17-16-28(42(3)4)20-29(31)32(36(39)45)27-15-11-14-26(19-27)21-40-38(46)41-37-34(44)35(52-22-25-12-9-8-10-13-25)33(43)30(54-37)23-53-56(49,50)51/h8-17,19-20,30,32-37,43-45H,5-7,18,21-24H2,1-4H3,(H2,40,41,46)(H,49,50,51)/t30-,32-,33-,34-,35+,36-,37-,39-/m1/s1. The molecule has 0 spiro atoms. The van der Waals surface area contributed by atoms with Crippen LogP contribution in [-0.2, 0) is 47.0 Å². The number of rotatable bonds is 15. The fourth-order valence-corrected chi connectivity index (χ4v) is 10.1. The van der Waals surface area contributed by atoms with Crippen molar-refractivity contribution < 1.29 is 55.2 Å². The lowest BCUT2D eigenvalue weighted by Gasteiger charge is -2.42. The van der Waals surface area contributed by atoms with Crippen molar-refractivity contribution in [3.05, 3.63) is 95.1 Å². The van der Waals surface area contributed by atoms with E-state index in [4.69, 9.17) is 14.0 Å². The average Bonchev–Trinajstić information content (AvgIpc) is 3.23. The number of nitrogens with one attached hydrogen (secondary N) is 2. The molecule has 8 atom stereocenters. The summed E-state index contributed by atoms with van der Waals surface area (Å²) in [5.74, 6) is -0.892. The summed E-state index contributed by atoms with van der Waals surface area (Å²) in [6.07, 6.45) is -6.02. The minimum absolute atomic E-state index is 0.0329. The van der Waals surface area contributed by atoms with E-state index in [0.29, 0.717) is 29.5 Å². The molecule has 6 N–H and O–H groups in total. The molecule has 0 bridgehead atoms. The highest BCUT2D eigenvalue weighted by atomic mass is 32.3. The summed E-state index contributed by atoms with van der Waals surface area (Å²) in [4.78, 5) is 15.3. The van der Waals surface area contributed by atoms with Gasteiger partial charge in [-0.1, -0.05) is 81.3 Å². The van der Waals surface area contributed by atoms with Gasteiger partial charge in [0, 0.05) is 37.7 Å². The van der Waals surface area contributed by atoms with Crippen molar-refractivity contribution in [2.75, 3.05) is 31.4 Å². The molecule has 0 saturated carbocycles. The second-order valence-electron chi connectivity index (χ2n) is 14.7. The number of amides is 2. The SMILES string of the molecule is CCCC[C@]1(CC)CS(=O)(=O)c2ccc(N(C)C)cc2[C@@H](c2cccc(CNC(=O)N[C@@H]3O[C@H](COS(=O)(=O)O)[C@@H](O)[C@H](OCc4ccccc4)[C@H]3O)c2)[C@H]1O. The molecule has 308 valence electrons. The Morgan fingerprint density at radius 1 is 0.982 bits per heavy atom. The first kappa shape index (κ1) is 43.5. The molecule has 0 radical (unpaired) electrons. The van der Waals surface area contributed by atoms with E-state index in [2.05, 4.69) is 14.8 Å². The molecule has 2 aliphatic heterocycles. The number of hydrogen-bond acceptors (Lipinski definition) is 12. The number of aliphatic hydroxyl groups is 3. The number of hydrogen-bond donors (Lipinski definition) is 6. The number of benzene rings is 3. The summed E-state index contributed by atoms with van der Waals surface area (Å²) in [5.41, 5.74) is 2.38. The van der Waals surface area contributed by atoms with E-state index in [-0.39, 0.29) is 23.8 Å². The Labute approximate surface area is 328 Å². The highest BCUT2D eigenvalue weighted by molar-refractivity contribution is 7.91. The van der Waals surface area contributed by atoms with Gasteiger partial charge in [0.05, 0.1) is 30.0 Å². The minimum atomic E-state index is -4.91. The van der Waals surface area contributed by atoms with E-state index in [1.165, 1.54) is 0 Å². The summed E-state index contributed by atoms with van der Waals surface area (Å²) in [7, 11) is -4.98. The molecular weight excluding hydrogens is 767 g/mol. The first-order valence-corrected chi connectivity index (χ1v) is 21.6. The van der Waals surface area contributed by atoms with Gasteiger partial charge in [-0.25, -0.2) is 17.4 Å². The Morgan fingerprint density at radius 2 is 1.70 bits per heavy atom. The van der Waals surface area contributed by atoms with Crippen molar-refractivity contribution in [2.24, 2.45) is 5.41 Å². The van der Waals surface area contributed by atoms with Crippen molar-refractivity contribution in [1.82, 2.24) is 10.6 Å². The molecule has 1 fully saturated rings. The summed E-state index contributed by atoms with van der Waals surface area (Å²) in [6.45, 7) is 3.04. The molecule has 0 aliphatic carbocycles. The van der Waals surface area contributed by atoms with Crippen molar-refractivity contribution in [3.8, 4) is 0 Å². The maximum atomic E-state index is 14.0. The normalized spacial score (nSPS) is 27.5. The Bertz CT molecular complexity index is 2020. The van der Waals surface area contributed by atoms with Crippen LogP contribution in [0.5, 0.6) is 0 Å². The molecule has 5 rings (SSSR count). The van der Waals surface area contributed by atoms with Crippen molar-refractivity contribution >= 4 is 32.0 Å². The van der Waals surface area contributed by atoms with E-state index in [1.54, 1.807) is 54.6 Å². The number of ether oxygens (including phenoxy) is 2. The molecule has 1 saturated heterocycles. The summed E-state index contributed by atoms with van der Waals surface area (Å²) < 4.78 is 75.6. The third-order valence-corrected chi connectivity index (χ3v) is 13.2. The molecule has 2 heterocycles. The Hall–Kier alpha value is -3.65. The van der Waals surface area contributed by atoms with Crippen LogP contribution in [0.15, 0.2) is 77.7 Å². The van der Waals surface area contributed by atoms with Crippen molar-refractivity contribution in [3.63, 3.8) is 0 Å². The molecule has 3 aromatic rings. The third-order valence-electron chi connectivity index (χ3n) is 10.7. The van der Waals surface area contributed by atoms with Crippen LogP contribution < -0.4 is 15.5 Å². The van der Waals surface area contributed by atoms with Gasteiger partial charge in [-0.3, -0.25) is 4.55 Å². The fraction of sp³-hybridized carbons (Fsp3) is 0.513. The second kappa shape index (κ2) is 18.3. The van der Waals surface area contributed by atoms with Gasteiger partial charge in [0.1, 0.15) is 24.4 Å². The first-order valence-electron chi connectivity index (χ1n) is 18.6. The molecule has 2 aliphatic rings. The lowest BCUT2D eigenvalue weighted by atomic mass is 9.69. The van der Waals surface area contributed by atoms with Gasteiger partial charge in [-0.15, -0.1) is 0 Å². The lowest BCUT2D eigenvalue weighted by Crippen LogP contribution is -2.64. The first-order chi connectivity index (χ1) is 26.5. The number of fused-ring (bicyclic) bond motifs is 1. The van der Waals surface area contributed by atoms with E-state index >= 15 is 0 Å². The van der Waals surface area contributed by atoms with Gasteiger partial charge in [0.2, 0.25) is 0 Å². The van der Waals surface area contributed by atoms with Crippen molar-refractivity contribution in [1.29, 1.82) is 0 Å². The van der Waals surface area contributed by atoms with Crippen LogP contribution >= 0.6 is 0 Å². The highest BCUT2D eigenvalue weighted by Gasteiger charge is 2.49. The van der Waals surface area contributed by atoms with Crippen LogP contribution in [0.2, 0.25) is 0 Å². The van der Waals surface area contributed by atoms with E-state index < -0.39 is 81.0 Å². The second-order valence-corrected chi connectivity index (χ2v) is 17.8. The predicted molar refractivity (Wildman–Crippen MR) is 208 cm³/mol. The minimum Gasteiger partial charge on any atom is -0.392 e. The number of nitrogens with zero attached hydrogens (tertiary/aromatic N) is 1. The number of anilines is 1. The molecule has 0 unspecified atom stereocenters. The van der Waals surface area contributed by atoms with Gasteiger partial charge in [0.15, 0.2) is 16.1 Å². The molecule has 15 nitrogen and oxygen atoms in total. The zero-order valence-electron chi connectivity index (χ0n) is 31.9. The largest absolute Gasteiger partial charge is 0.397 e. The number of sulfone groups is 1. The number of aliphatic hydroxyl groups excluding tert-OH is 3. The van der Waals surface area contributed by atoms with Crippen LogP contribution in [0, 0.1) is 5.41 Å². The third kappa shape index (κ3) is 10.3. The van der Waals surface area contributed by atoms with E-state index in [1.807, 2.05) is 51.0 Å². The molecule has 17 heteroatoms. The van der Waals surface area contributed by atoms with Gasteiger partial charge in [-0.05, 0) is 53.3 Å². The smallest absolute Gasteiger partial charge is 0.392 e. The highest BCUT2D eigenvalue weighted by Crippen LogP contribution is 2.49. The molecule has 56 heavy (non-hydrogen) atoms. The molecule has 3 aromatic carbocycles. The quantitative estimate of drug-likeness (QED) is 0.121. The van der Waals surface area contributed by atoms with Crippen LogP contribution in [0.3, 0.4) is 0 Å². The fourth-order valence-electron chi connectivity index (χ4n) is 7.57. The Morgan fingerprint density at radius 3 is 2.36 bits per heavy atom. The van der Waals surface area contributed by atoms with Crippen LogP contribution in [-0.4, -0.2) is 106 Å². The van der Waals surface area contributed by atoms with Gasteiger partial charge in [-0.2, -0.15) is 8.42 Å². The van der Waals surface area contributed by atoms with Crippen molar-refractivity contribution in [2.45, 2.75) is 100 Å². The molecule has 2 amide bonds. The summed E-state index contributed by atoms with van der Waals surface area (Å²) >= 11 is 0. The maximum Gasteiger partial charge on any atom is 0.397 e. The number of carbonyl (C=O) groups excluding carboxylic acids is 1. The monoisotopic (exact) mass is 819 g/mol. The summed E-state index contributed by atoms with van der Waals surface area (Å²) in [5, 5.41) is 39.6. The van der Waals surface area contributed by atoms with Crippen LogP contribution in [0.1, 0.15) is 67.7 Å². The topological polar surface area (TPSA) is 221 Å². The lowest BCUT2D eigenvalue weighted by molar-refractivity contribution is -0.246. The Kier molecular flexibility index (Phi) is 14.2. The zero-order chi connectivity index (χ0) is 40.8. The van der Waals surface area contributed by atoms with E-state index in [9.17, 15) is 36.9 Å². The molecular formula is C39H53N3O12S2. The zero-order valence-corrected chi connectivity index (χ0v) is 33.6. The predicted octanol–water partition coefficient (Wildman–Crippen LogP) is 3.27. The van der Waals surface area contributed by atoms with Gasteiger partial charge >= 0.3 is 16.4 Å². The maximum absolute atomic E-state index is 14.0. The molecule has 0 aromatic heterocycles. The van der Waals surface area contributed by atoms with Gasteiger partial charge < -0.3 is 40.3 Å². The Balaban J connectivity index is 1.38. The number of unbranched alkanes of at least 4 members (excludes halogenated alkanes) is 1. The van der Waals surface area contributed by atoms with Gasteiger partial charge in [0.25, 0.3) is 0 Å². The average molecular weight is 820 g/mol. The van der Waals surface area contributed by atoms with Crippen LogP contribution in [0.4, 0.5) is 10.5 Å². The van der Waals surface area contributed by atoms with E-state index in [0.717, 1.165) is 24.1 Å². The van der Waals surface area contributed by atoms with Crippen LogP contribution in [0.25, 0.3) is 0 Å². The number of carbonyl (C=O) groups is 1. The number of urea groups is 1. The summed E-state index contributed by atoms with van der Waals surface area (Å²) in [6, 6.07) is 20.5.